The van der Waals surface area contributed by atoms with Crippen LogP contribution >= 0.6 is 11.3 Å². The van der Waals surface area contributed by atoms with E-state index in [-0.39, 0.29) is 18.5 Å². The molecular formula is C11H14N4O3S. The number of esters is 1. The number of ether oxygens (including phenoxy) is 2. The topological polar surface area (TPSA) is 78.6 Å². The third-order valence-corrected chi connectivity index (χ3v) is 3.77. The molecule has 1 atom stereocenters. The standard InChI is InChI=1S/C11H14N4O3S/c1-2-17-9(16)6-8-14-15-10(7-4-3-5-18-7)12-13-11(15)19-8/h7H,2-6H2,1H3. The SMILES string of the molecule is CCOC(=O)Cc1nn2c(C3CCCO3)nnc2s1. The van der Waals surface area contributed by atoms with E-state index in [9.17, 15) is 4.79 Å². The molecule has 2 aromatic heterocycles. The maximum atomic E-state index is 11.4. The van der Waals surface area contributed by atoms with Gasteiger partial charge >= 0.3 is 5.97 Å². The van der Waals surface area contributed by atoms with E-state index in [2.05, 4.69) is 15.3 Å². The molecule has 3 rings (SSSR count). The minimum absolute atomic E-state index is 0.0347. The molecule has 102 valence electrons. The lowest BCUT2D eigenvalue weighted by molar-refractivity contribution is -0.142. The van der Waals surface area contributed by atoms with Gasteiger partial charge in [0.05, 0.1) is 13.0 Å². The molecule has 0 radical (unpaired) electrons. The van der Waals surface area contributed by atoms with Crippen LogP contribution < -0.4 is 0 Å². The molecule has 1 aliphatic heterocycles. The molecule has 0 spiro atoms. The average molecular weight is 282 g/mol. The number of hydrogen-bond acceptors (Lipinski definition) is 7. The van der Waals surface area contributed by atoms with Crippen molar-refractivity contribution in [2.45, 2.75) is 32.3 Å². The van der Waals surface area contributed by atoms with E-state index in [0.29, 0.717) is 16.6 Å². The molecule has 3 heterocycles. The molecule has 19 heavy (non-hydrogen) atoms. The normalized spacial score (nSPS) is 19.1. The summed E-state index contributed by atoms with van der Waals surface area (Å²) in [6.07, 6.45) is 2.10. The monoisotopic (exact) mass is 282 g/mol. The van der Waals surface area contributed by atoms with Gasteiger partial charge in [0.2, 0.25) is 4.96 Å². The Morgan fingerprint density at radius 3 is 3.21 bits per heavy atom. The fourth-order valence-electron chi connectivity index (χ4n) is 2.06. The van der Waals surface area contributed by atoms with E-state index in [4.69, 9.17) is 9.47 Å². The lowest BCUT2D eigenvalue weighted by Crippen LogP contribution is -2.08. The molecule has 0 bridgehead atoms. The van der Waals surface area contributed by atoms with Gasteiger partial charge in [0.1, 0.15) is 11.1 Å². The second-order valence-corrected chi connectivity index (χ2v) is 5.27. The Morgan fingerprint density at radius 2 is 2.47 bits per heavy atom. The summed E-state index contributed by atoms with van der Waals surface area (Å²) in [6, 6.07) is 0. The van der Waals surface area contributed by atoms with Crippen molar-refractivity contribution >= 4 is 22.3 Å². The Bertz CT molecular complexity index is 588. The summed E-state index contributed by atoms with van der Waals surface area (Å²) < 4.78 is 12.2. The smallest absolute Gasteiger partial charge is 0.312 e. The molecule has 0 aromatic carbocycles. The van der Waals surface area contributed by atoms with Crippen LogP contribution in [0, 0.1) is 0 Å². The molecule has 1 fully saturated rings. The predicted octanol–water partition coefficient (Wildman–Crippen LogP) is 1.14. The maximum absolute atomic E-state index is 11.4. The number of aromatic nitrogens is 4. The van der Waals surface area contributed by atoms with Gasteiger partial charge in [-0.25, -0.2) is 0 Å². The molecular weight excluding hydrogens is 268 g/mol. The minimum atomic E-state index is -0.272. The molecule has 8 heteroatoms. The average Bonchev–Trinajstić information content (AvgIpc) is 3.03. The maximum Gasteiger partial charge on any atom is 0.312 e. The lowest BCUT2D eigenvalue weighted by atomic mass is 10.2. The first-order valence-electron chi connectivity index (χ1n) is 6.26. The van der Waals surface area contributed by atoms with E-state index in [1.807, 2.05) is 0 Å². The summed E-state index contributed by atoms with van der Waals surface area (Å²) in [7, 11) is 0. The summed E-state index contributed by atoms with van der Waals surface area (Å²) in [6.45, 7) is 2.91. The number of carbonyl (C=O) groups excluding carboxylic acids is 1. The fourth-order valence-corrected chi connectivity index (χ4v) is 2.89. The van der Waals surface area contributed by atoms with Gasteiger partial charge in [-0.2, -0.15) is 9.61 Å². The zero-order chi connectivity index (χ0) is 13.2. The van der Waals surface area contributed by atoms with Crippen molar-refractivity contribution in [3.8, 4) is 0 Å². The molecule has 0 N–H and O–H groups in total. The summed E-state index contributed by atoms with van der Waals surface area (Å²) in [5, 5.41) is 13.2. The van der Waals surface area contributed by atoms with Gasteiger partial charge in [0.25, 0.3) is 0 Å². The van der Waals surface area contributed by atoms with E-state index in [0.717, 1.165) is 25.3 Å². The fraction of sp³-hybridized carbons (Fsp3) is 0.636. The quantitative estimate of drug-likeness (QED) is 0.783. The predicted molar refractivity (Wildman–Crippen MR) is 66.9 cm³/mol. The van der Waals surface area contributed by atoms with Crippen molar-refractivity contribution in [1.29, 1.82) is 0 Å². The largest absolute Gasteiger partial charge is 0.466 e. The van der Waals surface area contributed by atoms with Gasteiger partial charge in [0, 0.05) is 6.61 Å². The number of nitrogens with zero attached hydrogens (tertiary/aromatic N) is 4. The summed E-state index contributed by atoms with van der Waals surface area (Å²) in [5.41, 5.74) is 0. The lowest BCUT2D eigenvalue weighted by Gasteiger charge is -2.04. The van der Waals surface area contributed by atoms with Crippen molar-refractivity contribution in [1.82, 2.24) is 19.8 Å². The van der Waals surface area contributed by atoms with Crippen LogP contribution in [-0.2, 0) is 20.7 Å². The van der Waals surface area contributed by atoms with Crippen LogP contribution in [-0.4, -0.2) is 39.0 Å². The van der Waals surface area contributed by atoms with E-state index in [1.165, 1.54) is 11.3 Å². The van der Waals surface area contributed by atoms with Gasteiger partial charge < -0.3 is 9.47 Å². The van der Waals surface area contributed by atoms with Crippen LogP contribution in [0.4, 0.5) is 0 Å². The van der Waals surface area contributed by atoms with E-state index < -0.39 is 0 Å². The Balaban J connectivity index is 1.83. The van der Waals surface area contributed by atoms with Crippen LogP contribution in [0.3, 0.4) is 0 Å². The number of fused-ring (bicyclic) bond motifs is 1. The van der Waals surface area contributed by atoms with Crippen LogP contribution in [0.1, 0.15) is 36.7 Å². The first-order valence-corrected chi connectivity index (χ1v) is 7.08. The van der Waals surface area contributed by atoms with Gasteiger partial charge in [-0.3, -0.25) is 4.79 Å². The van der Waals surface area contributed by atoms with Gasteiger partial charge in [0.15, 0.2) is 5.82 Å². The Morgan fingerprint density at radius 1 is 1.58 bits per heavy atom. The van der Waals surface area contributed by atoms with Crippen molar-refractivity contribution in [2.75, 3.05) is 13.2 Å². The molecule has 1 unspecified atom stereocenters. The molecule has 0 aliphatic carbocycles. The number of hydrogen-bond donors (Lipinski definition) is 0. The molecule has 0 amide bonds. The van der Waals surface area contributed by atoms with Crippen molar-refractivity contribution < 1.29 is 14.3 Å². The third-order valence-electron chi connectivity index (χ3n) is 2.88. The van der Waals surface area contributed by atoms with Crippen LogP contribution in [0.15, 0.2) is 0 Å². The molecule has 0 saturated carbocycles. The number of carbonyl (C=O) groups is 1. The number of rotatable bonds is 4. The van der Waals surface area contributed by atoms with Crippen LogP contribution in [0.25, 0.3) is 4.96 Å². The second kappa shape index (κ2) is 5.22. The Labute approximate surface area is 113 Å². The molecule has 2 aromatic rings. The van der Waals surface area contributed by atoms with Crippen LogP contribution in [0.2, 0.25) is 0 Å². The highest BCUT2D eigenvalue weighted by molar-refractivity contribution is 7.16. The Kier molecular flexibility index (Phi) is 3.43. The second-order valence-electron chi connectivity index (χ2n) is 4.23. The van der Waals surface area contributed by atoms with Gasteiger partial charge in [-0.15, -0.1) is 10.2 Å². The molecule has 1 saturated heterocycles. The highest BCUT2D eigenvalue weighted by Crippen LogP contribution is 2.28. The van der Waals surface area contributed by atoms with Gasteiger partial charge in [-0.1, -0.05) is 11.3 Å². The van der Waals surface area contributed by atoms with Crippen molar-refractivity contribution in [3.63, 3.8) is 0 Å². The van der Waals surface area contributed by atoms with E-state index in [1.54, 1.807) is 11.4 Å². The van der Waals surface area contributed by atoms with E-state index >= 15 is 0 Å². The van der Waals surface area contributed by atoms with Gasteiger partial charge in [-0.05, 0) is 19.8 Å². The zero-order valence-electron chi connectivity index (χ0n) is 10.5. The summed E-state index contributed by atoms with van der Waals surface area (Å²) in [4.78, 5) is 12.1. The first kappa shape index (κ1) is 12.5. The summed E-state index contributed by atoms with van der Waals surface area (Å²) in [5.74, 6) is 0.449. The molecule has 1 aliphatic rings. The van der Waals surface area contributed by atoms with Crippen molar-refractivity contribution in [2.24, 2.45) is 0 Å². The molecule has 7 nitrogen and oxygen atoms in total. The first-order chi connectivity index (χ1) is 9.28. The zero-order valence-corrected chi connectivity index (χ0v) is 11.4. The highest BCUT2D eigenvalue weighted by Gasteiger charge is 2.25. The minimum Gasteiger partial charge on any atom is -0.466 e. The summed E-state index contributed by atoms with van der Waals surface area (Å²) >= 11 is 1.35. The Hall–Kier alpha value is -1.54. The van der Waals surface area contributed by atoms with Crippen LogP contribution in [0.5, 0.6) is 0 Å². The van der Waals surface area contributed by atoms with Crippen molar-refractivity contribution in [3.05, 3.63) is 10.8 Å². The third kappa shape index (κ3) is 2.45. The highest BCUT2D eigenvalue weighted by atomic mass is 32.1.